The second-order valence-corrected chi connectivity index (χ2v) is 7.12. The van der Waals surface area contributed by atoms with Crippen molar-refractivity contribution in [1.29, 1.82) is 0 Å². The smallest absolute Gasteiger partial charge is 0.340 e. The maximum Gasteiger partial charge on any atom is 0.340 e. The summed E-state index contributed by atoms with van der Waals surface area (Å²) in [5, 5.41) is 1.14. The van der Waals surface area contributed by atoms with Crippen LogP contribution in [0.2, 0.25) is 6.32 Å². The highest BCUT2D eigenvalue weighted by molar-refractivity contribution is 7.22. The van der Waals surface area contributed by atoms with Crippen LogP contribution in [0.1, 0.15) is 38.4 Å². The number of nitrogens with zero attached hydrogens (tertiary/aromatic N) is 1. The third kappa shape index (κ3) is 1.82. The molecule has 16 heavy (non-hydrogen) atoms. The summed E-state index contributed by atoms with van der Waals surface area (Å²) in [7, 11) is 0. The highest BCUT2D eigenvalue weighted by Crippen LogP contribution is 2.45. The molecule has 88 valence electrons. The predicted molar refractivity (Wildman–Crippen MR) is 70.7 cm³/mol. The highest BCUT2D eigenvalue weighted by Gasteiger charge is 2.50. The minimum absolute atomic E-state index is 0.0536. The molecule has 1 aromatic rings. The largest absolute Gasteiger partial charge is 0.425 e. The van der Waals surface area contributed by atoms with E-state index in [4.69, 9.17) is 4.65 Å². The first-order chi connectivity index (χ1) is 7.23. The van der Waals surface area contributed by atoms with E-state index in [0.717, 1.165) is 17.0 Å². The third-order valence-electron chi connectivity index (χ3n) is 3.99. The lowest BCUT2D eigenvalue weighted by atomic mass is 9.57. The second kappa shape index (κ2) is 3.57. The molecule has 1 aliphatic heterocycles. The van der Waals surface area contributed by atoms with Gasteiger partial charge in [-0.2, -0.15) is 0 Å². The van der Waals surface area contributed by atoms with E-state index in [-0.39, 0.29) is 17.9 Å². The van der Waals surface area contributed by atoms with E-state index in [1.54, 1.807) is 11.3 Å². The van der Waals surface area contributed by atoms with E-state index >= 15 is 0 Å². The fourth-order valence-electron chi connectivity index (χ4n) is 2.26. The Morgan fingerprint density at radius 2 is 1.88 bits per heavy atom. The normalized spacial score (nSPS) is 22.8. The Morgan fingerprint density at radius 3 is 2.25 bits per heavy atom. The molecular weight excluding hydrogens is 217 g/mol. The first kappa shape index (κ1) is 12.1. The van der Waals surface area contributed by atoms with E-state index in [0.29, 0.717) is 0 Å². The van der Waals surface area contributed by atoms with Crippen molar-refractivity contribution in [3.8, 4) is 0 Å². The maximum atomic E-state index is 6.21. The summed E-state index contributed by atoms with van der Waals surface area (Å²) in [6, 6.07) is 0. The molecule has 0 unspecified atom stereocenters. The molecule has 0 bridgehead atoms. The number of rotatable bonds is 1. The SMILES string of the molecule is Cc1nc(C)c(B2CC(C)(C)C(C)(C)O2)s1. The highest BCUT2D eigenvalue weighted by atomic mass is 32.1. The van der Waals surface area contributed by atoms with Gasteiger partial charge in [0.15, 0.2) is 0 Å². The molecule has 0 radical (unpaired) electrons. The summed E-state index contributed by atoms with van der Waals surface area (Å²) in [5.41, 5.74) is 1.31. The summed E-state index contributed by atoms with van der Waals surface area (Å²) in [6.07, 6.45) is 1.09. The van der Waals surface area contributed by atoms with E-state index in [2.05, 4.69) is 46.5 Å². The van der Waals surface area contributed by atoms with Gasteiger partial charge >= 0.3 is 6.92 Å². The van der Waals surface area contributed by atoms with Gasteiger partial charge < -0.3 is 4.65 Å². The number of aryl methyl sites for hydroxylation is 2. The Kier molecular flexibility index (Phi) is 2.71. The number of hydrogen-bond donors (Lipinski definition) is 0. The lowest BCUT2D eigenvalue weighted by molar-refractivity contribution is 0.0376. The van der Waals surface area contributed by atoms with Gasteiger partial charge in [0.1, 0.15) is 0 Å². The monoisotopic (exact) mass is 237 g/mol. The van der Waals surface area contributed by atoms with Gasteiger partial charge in [-0.25, -0.2) is 4.98 Å². The number of aromatic nitrogens is 1. The van der Waals surface area contributed by atoms with Crippen LogP contribution in [0.5, 0.6) is 0 Å². The van der Waals surface area contributed by atoms with Crippen LogP contribution in [0.4, 0.5) is 0 Å². The van der Waals surface area contributed by atoms with Crippen LogP contribution in [0.3, 0.4) is 0 Å². The Labute approximate surface area is 103 Å². The van der Waals surface area contributed by atoms with Crippen LogP contribution in [0.25, 0.3) is 0 Å². The molecule has 1 fully saturated rings. The van der Waals surface area contributed by atoms with Crippen molar-refractivity contribution in [2.45, 2.75) is 53.5 Å². The lowest BCUT2D eigenvalue weighted by Gasteiger charge is -2.34. The predicted octanol–water partition coefficient (Wildman–Crippen LogP) is 2.79. The fraction of sp³-hybridized carbons (Fsp3) is 0.750. The minimum Gasteiger partial charge on any atom is -0.425 e. The minimum atomic E-state index is -0.0536. The van der Waals surface area contributed by atoms with Gasteiger partial charge in [0.25, 0.3) is 0 Å². The Bertz CT molecular complexity index is 395. The third-order valence-corrected chi connectivity index (χ3v) is 5.16. The summed E-state index contributed by atoms with van der Waals surface area (Å²) < 4.78 is 7.53. The summed E-state index contributed by atoms with van der Waals surface area (Å²) in [6.45, 7) is 13.3. The summed E-state index contributed by atoms with van der Waals surface area (Å²) in [5.74, 6) is 0. The molecule has 1 aliphatic rings. The van der Waals surface area contributed by atoms with Gasteiger partial charge in [0.05, 0.1) is 10.6 Å². The first-order valence-electron chi connectivity index (χ1n) is 5.85. The van der Waals surface area contributed by atoms with Crippen LogP contribution in [0, 0.1) is 19.3 Å². The van der Waals surface area contributed by atoms with Gasteiger partial charge in [-0.3, -0.25) is 0 Å². The molecule has 2 heterocycles. The van der Waals surface area contributed by atoms with Gasteiger partial charge in [-0.05, 0) is 39.4 Å². The zero-order valence-electron chi connectivity index (χ0n) is 11.0. The standard InChI is InChI=1S/C12H20BNOS/c1-8-10(16-9(2)14-8)13-7-11(3,4)12(5,6)15-13/h7H2,1-6H3. The zero-order chi connectivity index (χ0) is 12.1. The van der Waals surface area contributed by atoms with E-state index in [1.807, 2.05) is 0 Å². The van der Waals surface area contributed by atoms with E-state index in [1.165, 1.54) is 4.78 Å². The van der Waals surface area contributed by atoms with Gasteiger partial charge in [0.2, 0.25) is 0 Å². The molecule has 4 heteroatoms. The molecule has 0 N–H and O–H groups in total. The topological polar surface area (TPSA) is 22.1 Å². The van der Waals surface area contributed by atoms with Crippen molar-refractivity contribution in [1.82, 2.24) is 4.98 Å². The van der Waals surface area contributed by atoms with Crippen LogP contribution < -0.4 is 4.78 Å². The fourth-order valence-corrected chi connectivity index (χ4v) is 3.22. The number of thiazole rings is 1. The van der Waals surface area contributed by atoms with Crippen molar-refractivity contribution in [2.24, 2.45) is 5.41 Å². The Morgan fingerprint density at radius 1 is 1.25 bits per heavy atom. The van der Waals surface area contributed by atoms with Gasteiger partial charge in [0, 0.05) is 10.5 Å². The zero-order valence-corrected chi connectivity index (χ0v) is 11.9. The lowest BCUT2D eigenvalue weighted by Crippen LogP contribution is -2.35. The van der Waals surface area contributed by atoms with Crippen molar-refractivity contribution >= 4 is 23.0 Å². The molecular formula is C12H20BNOS. The van der Waals surface area contributed by atoms with Crippen molar-refractivity contribution in [3.63, 3.8) is 0 Å². The molecule has 0 atom stereocenters. The van der Waals surface area contributed by atoms with E-state index < -0.39 is 0 Å². The average Bonchev–Trinajstić information content (AvgIpc) is 2.51. The Balaban J connectivity index is 2.30. The quantitative estimate of drug-likeness (QED) is 0.700. The number of hydrogen-bond acceptors (Lipinski definition) is 3. The summed E-state index contributed by atoms with van der Waals surface area (Å²) >= 11 is 1.78. The molecule has 1 saturated heterocycles. The van der Waals surface area contributed by atoms with Crippen LogP contribution >= 0.6 is 11.3 Å². The second-order valence-electron chi connectivity index (χ2n) is 5.89. The van der Waals surface area contributed by atoms with Crippen LogP contribution in [0.15, 0.2) is 0 Å². The molecule has 2 rings (SSSR count). The molecule has 0 aromatic carbocycles. The Hall–Kier alpha value is -0.345. The van der Waals surface area contributed by atoms with E-state index in [9.17, 15) is 0 Å². The molecule has 0 amide bonds. The van der Waals surface area contributed by atoms with Gasteiger partial charge in [-0.1, -0.05) is 13.8 Å². The molecule has 0 saturated carbocycles. The van der Waals surface area contributed by atoms with Crippen molar-refractivity contribution < 1.29 is 4.65 Å². The average molecular weight is 237 g/mol. The van der Waals surface area contributed by atoms with Crippen molar-refractivity contribution in [3.05, 3.63) is 10.7 Å². The molecule has 2 nitrogen and oxygen atoms in total. The molecule has 0 aliphatic carbocycles. The summed E-state index contributed by atoms with van der Waals surface area (Å²) in [4.78, 5) is 4.49. The van der Waals surface area contributed by atoms with Crippen LogP contribution in [-0.4, -0.2) is 17.5 Å². The van der Waals surface area contributed by atoms with Crippen molar-refractivity contribution in [2.75, 3.05) is 0 Å². The molecule has 0 spiro atoms. The van der Waals surface area contributed by atoms with Crippen LogP contribution in [-0.2, 0) is 4.65 Å². The molecule has 1 aromatic heterocycles. The first-order valence-corrected chi connectivity index (χ1v) is 6.66. The van der Waals surface area contributed by atoms with Gasteiger partial charge in [-0.15, -0.1) is 11.3 Å². The maximum absolute atomic E-state index is 6.21.